The van der Waals surface area contributed by atoms with Crippen LogP contribution in [0.4, 0.5) is 0 Å². The van der Waals surface area contributed by atoms with Crippen molar-refractivity contribution < 1.29 is 24.2 Å². The van der Waals surface area contributed by atoms with Gasteiger partial charge < -0.3 is 20.9 Å². The molecule has 0 aliphatic rings. The van der Waals surface area contributed by atoms with Crippen molar-refractivity contribution in [1.29, 1.82) is 0 Å². The summed E-state index contributed by atoms with van der Waals surface area (Å²) >= 11 is 0. The first-order chi connectivity index (χ1) is 9.43. The fourth-order valence-electron chi connectivity index (χ4n) is 1.53. The molecule has 0 aromatic heterocycles. The van der Waals surface area contributed by atoms with Crippen LogP contribution in [-0.2, 0) is 9.59 Å². The average Bonchev–Trinajstić information content (AvgIpc) is 2.42. The van der Waals surface area contributed by atoms with Crippen molar-refractivity contribution in [2.75, 3.05) is 7.11 Å². The summed E-state index contributed by atoms with van der Waals surface area (Å²) in [6.45, 7) is 0. The zero-order chi connectivity index (χ0) is 15.1. The molecule has 1 aromatic rings. The second-order valence-electron chi connectivity index (χ2n) is 4.10. The van der Waals surface area contributed by atoms with Gasteiger partial charge in [0.05, 0.1) is 7.11 Å². The first-order valence-corrected chi connectivity index (χ1v) is 5.90. The molecule has 0 saturated heterocycles. The number of carbonyl (C=O) groups excluding carboxylic acids is 2. The smallest absolute Gasteiger partial charge is 0.326 e. The highest BCUT2D eigenvalue weighted by atomic mass is 16.5. The molecule has 4 N–H and O–H groups in total. The van der Waals surface area contributed by atoms with Gasteiger partial charge >= 0.3 is 5.97 Å². The van der Waals surface area contributed by atoms with Gasteiger partial charge in [0.2, 0.25) is 5.91 Å². The van der Waals surface area contributed by atoms with E-state index < -0.39 is 23.8 Å². The molecule has 108 valence electrons. The quantitative estimate of drug-likeness (QED) is 0.656. The van der Waals surface area contributed by atoms with Gasteiger partial charge in [-0.25, -0.2) is 4.79 Å². The number of carbonyl (C=O) groups is 3. The van der Waals surface area contributed by atoms with Crippen molar-refractivity contribution in [3.8, 4) is 5.75 Å². The Morgan fingerprint density at radius 2 is 1.90 bits per heavy atom. The minimum Gasteiger partial charge on any atom is -0.497 e. The number of hydrogen-bond acceptors (Lipinski definition) is 4. The van der Waals surface area contributed by atoms with E-state index in [1.54, 1.807) is 12.1 Å². The maximum Gasteiger partial charge on any atom is 0.326 e. The van der Waals surface area contributed by atoms with E-state index in [-0.39, 0.29) is 12.8 Å². The Morgan fingerprint density at radius 1 is 1.30 bits per heavy atom. The third-order valence-corrected chi connectivity index (χ3v) is 2.64. The van der Waals surface area contributed by atoms with Crippen LogP contribution in [0, 0.1) is 0 Å². The lowest BCUT2D eigenvalue weighted by Crippen LogP contribution is -2.41. The predicted molar refractivity (Wildman–Crippen MR) is 70.3 cm³/mol. The summed E-state index contributed by atoms with van der Waals surface area (Å²) in [5, 5.41) is 11.3. The van der Waals surface area contributed by atoms with Gasteiger partial charge in [-0.2, -0.15) is 0 Å². The summed E-state index contributed by atoms with van der Waals surface area (Å²) in [7, 11) is 1.50. The summed E-state index contributed by atoms with van der Waals surface area (Å²) in [4.78, 5) is 33.5. The lowest BCUT2D eigenvalue weighted by molar-refractivity contribution is -0.139. The fourth-order valence-corrected chi connectivity index (χ4v) is 1.53. The SMILES string of the molecule is COc1ccc(C(=O)NC(CCC(N)=O)C(=O)O)cc1. The second kappa shape index (κ2) is 7.13. The summed E-state index contributed by atoms with van der Waals surface area (Å²) in [6, 6.07) is 5.06. The minimum absolute atomic E-state index is 0.0490. The topological polar surface area (TPSA) is 119 Å². The molecule has 0 saturated carbocycles. The molecule has 1 aromatic carbocycles. The minimum atomic E-state index is -1.21. The largest absolute Gasteiger partial charge is 0.497 e. The number of aliphatic carboxylic acids is 1. The number of primary amides is 1. The highest BCUT2D eigenvalue weighted by Crippen LogP contribution is 2.11. The Kier molecular flexibility index (Phi) is 5.52. The summed E-state index contributed by atoms with van der Waals surface area (Å²) in [5.41, 5.74) is 5.26. The molecule has 1 rings (SSSR count). The molecule has 7 nitrogen and oxygen atoms in total. The van der Waals surface area contributed by atoms with Crippen molar-refractivity contribution in [3.63, 3.8) is 0 Å². The van der Waals surface area contributed by atoms with E-state index in [1.807, 2.05) is 0 Å². The number of nitrogens with two attached hydrogens (primary N) is 1. The van der Waals surface area contributed by atoms with Gasteiger partial charge in [0.25, 0.3) is 5.91 Å². The van der Waals surface area contributed by atoms with Crippen molar-refractivity contribution in [3.05, 3.63) is 29.8 Å². The highest BCUT2D eigenvalue weighted by Gasteiger charge is 2.21. The van der Waals surface area contributed by atoms with Gasteiger partial charge in [0.15, 0.2) is 0 Å². The van der Waals surface area contributed by atoms with E-state index in [0.29, 0.717) is 11.3 Å². The number of ether oxygens (including phenoxy) is 1. The van der Waals surface area contributed by atoms with Crippen LogP contribution in [-0.4, -0.2) is 36.0 Å². The molecule has 1 atom stereocenters. The number of methoxy groups -OCH3 is 1. The predicted octanol–water partition coefficient (Wildman–Crippen LogP) is 0.144. The van der Waals surface area contributed by atoms with Crippen molar-refractivity contribution >= 4 is 17.8 Å². The second-order valence-corrected chi connectivity index (χ2v) is 4.10. The van der Waals surface area contributed by atoms with E-state index in [4.69, 9.17) is 15.6 Å². The number of benzene rings is 1. The molecule has 0 aliphatic carbocycles. The summed E-state index contributed by atoms with van der Waals surface area (Å²) in [5.74, 6) is -1.78. The standard InChI is InChI=1S/C13H16N2O5/c1-20-9-4-2-8(3-5-9)12(17)15-10(13(18)19)6-7-11(14)16/h2-5,10H,6-7H2,1H3,(H2,14,16)(H,15,17)(H,18,19). The lowest BCUT2D eigenvalue weighted by Gasteiger charge is -2.13. The Bertz CT molecular complexity index is 498. The first kappa shape index (κ1) is 15.5. The molecule has 7 heteroatoms. The molecular weight excluding hydrogens is 264 g/mol. The number of amides is 2. The normalized spacial score (nSPS) is 11.4. The third-order valence-electron chi connectivity index (χ3n) is 2.64. The van der Waals surface area contributed by atoms with Crippen LogP contribution >= 0.6 is 0 Å². The Labute approximate surface area is 115 Å². The number of nitrogens with one attached hydrogen (secondary N) is 1. The zero-order valence-corrected chi connectivity index (χ0v) is 11.0. The molecule has 0 bridgehead atoms. The Hall–Kier alpha value is -2.57. The zero-order valence-electron chi connectivity index (χ0n) is 11.0. The maximum absolute atomic E-state index is 11.9. The van der Waals surface area contributed by atoms with Gasteiger partial charge in [-0.1, -0.05) is 0 Å². The molecule has 0 fully saturated rings. The van der Waals surface area contributed by atoms with Crippen molar-refractivity contribution in [2.45, 2.75) is 18.9 Å². The molecular formula is C13H16N2O5. The van der Waals surface area contributed by atoms with Crippen LogP contribution < -0.4 is 15.8 Å². The number of rotatable bonds is 7. The first-order valence-electron chi connectivity index (χ1n) is 5.90. The van der Waals surface area contributed by atoms with Gasteiger partial charge in [-0.05, 0) is 30.7 Å². The summed E-state index contributed by atoms with van der Waals surface area (Å²) < 4.78 is 4.96. The van der Waals surface area contributed by atoms with Crippen LogP contribution in [0.15, 0.2) is 24.3 Å². The molecule has 0 radical (unpaired) electrons. The van der Waals surface area contributed by atoms with E-state index in [2.05, 4.69) is 5.32 Å². The van der Waals surface area contributed by atoms with E-state index in [1.165, 1.54) is 19.2 Å². The molecule has 0 spiro atoms. The molecule has 0 aliphatic heterocycles. The van der Waals surface area contributed by atoms with Crippen molar-refractivity contribution in [2.24, 2.45) is 5.73 Å². The van der Waals surface area contributed by atoms with Crippen LogP contribution in [0.2, 0.25) is 0 Å². The maximum atomic E-state index is 11.9. The van der Waals surface area contributed by atoms with Gasteiger partial charge in [0, 0.05) is 12.0 Å². The number of carboxylic acid groups (broad SMARTS) is 1. The lowest BCUT2D eigenvalue weighted by atomic mass is 10.1. The highest BCUT2D eigenvalue weighted by molar-refractivity contribution is 5.96. The van der Waals surface area contributed by atoms with Crippen LogP contribution in [0.3, 0.4) is 0 Å². The Balaban J connectivity index is 2.69. The molecule has 1 unspecified atom stereocenters. The van der Waals surface area contributed by atoms with E-state index in [0.717, 1.165) is 0 Å². The van der Waals surface area contributed by atoms with Crippen LogP contribution in [0.5, 0.6) is 5.75 Å². The van der Waals surface area contributed by atoms with E-state index in [9.17, 15) is 14.4 Å². The van der Waals surface area contributed by atoms with Crippen LogP contribution in [0.1, 0.15) is 23.2 Å². The number of hydrogen-bond donors (Lipinski definition) is 3. The molecule has 0 heterocycles. The fraction of sp³-hybridized carbons (Fsp3) is 0.308. The summed E-state index contributed by atoms with van der Waals surface area (Å²) in [6.07, 6.45) is -0.160. The third kappa shape index (κ3) is 4.60. The van der Waals surface area contributed by atoms with Crippen LogP contribution in [0.25, 0.3) is 0 Å². The molecule has 20 heavy (non-hydrogen) atoms. The monoisotopic (exact) mass is 280 g/mol. The van der Waals surface area contributed by atoms with E-state index >= 15 is 0 Å². The van der Waals surface area contributed by atoms with Gasteiger partial charge in [-0.15, -0.1) is 0 Å². The van der Waals surface area contributed by atoms with Crippen molar-refractivity contribution in [1.82, 2.24) is 5.32 Å². The number of carboxylic acids is 1. The molecule has 2 amide bonds. The average molecular weight is 280 g/mol. The van der Waals surface area contributed by atoms with Gasteiger partial charge in [-0.3, -0.25) is 9.59 Å². The van der Waals surface area contributed by atoms with Gasteiger partial charge in [0.1, 0.15) is 11.8 Å². The Morgan fingerprint density at radius 3 is 2.35 bits per heavy atom.